The lowest BCUT2D eigenvalue weighted by Crippen LogP contribution is -2.34. The maximum absolute atomic E-state index is 11.1. The molecule has 0 rings (SSSR count). The number of hydrogen-bond donors (Lipinski definition) is 1. The van der Waals surface area contributed by atoms with Gasteiger partial charge in [-0.2, -0.15) is 0 Å². The molecule has 0 saturated carbocycles. The van der Waals surface area contributed by atoms with Gasteiger partial charge in [-0.15, -0.1) is 0 Å². The Hall–Kier alpha value is -0.640. The predicted octanol–water partition coefficient (Wildman–Crippen LogP) is 17.5. The molecule has 0 radical (unpaired) electrons. The Morgan fingerprint density at radius 3 is 1.00 bits per heavy atom. The van der Waals surface area contributed by atoms with E-state index in [1.54, 1.807) is 0 Å². The zero-order chi connectivity index (χ0) is 39.8. The molecule has 0 heterocycles. The van der Waals surface area contributed by atoms with Crippen LogP contribution < -0.4 is 0 Å². The van der Waals surface area contributed by atoms with Gasteiger partial charge in [-0.1, -0.05) is 231 Å². The quantitative estimate of drug-likeness (QED) is 0.0494. The van der Waals surface area contributed by atoms with Gasteiger partial charge in [-0.3, -0.25) is 0 Å². The molecule has 0 aliphatic carbocycles. The second-order valence-electron chi connectivity index (χ2n) is 17.3. The van der Waals surface area contributed by atoms with Gasteiger partial charge in [0.05, 0.1) is 12.7 Å². The molecule has 0 aromatic carbocycles. The standard InChI is InChI=1S/C52H102O3/c1-4-7-10-13-16-19-22-24-26-28-29-31-33-36-39-42-45-48-54-50-52(51(53)47-44-41-38-35-21-18-15-12-9-6-3)55-49-46-43-40-37-34-32-30-27-25-23-20-17-14-11-8-5-2/h24-27,51-53H,4-23,28-50H2,1-3H3/b26-24-,27-25-. The fourth-order valence-corrected chi connectivity index (χ4v) is 7.71. The number of hydrogen-bond acceptors (Lipinski definition) is 3. The molecule has 0 saturated heterocycles. The summed E-state index contributed by atoms with van der Waals surface area (Å²) < 4.78 is 12.4. The summed E-state index contributed by atoms with van der Waals surface area (Å²) in [6.07, 6.45) is 61.7. The van der Waals surface area contributed by atoms with Gasteiger partial charge in [0.2, 0.25) is 0 Å². The first-order valence-corrected chi connectivity index (χ1v) is 25.4. The van der Waals surface area contributed by atoms with Crippen LogP contribution in [0.4, 0.5) is 0 Å². The highest BCUT2D eigenvalue weighted by atomic mass is 16.5. The van der Waals surface area contributed by atoms with E-state index < -0.39 is 6.10 Å². The summed E-state index contributed by atoms with van der Waals surface area (Å²) in [7, 11) is 0. The van der Waals surface area contributed by atoms with Crippen LogP contribution in [0.2, 0.25) is 0 Å². The highest BCUT2D eigenvalue weighted by Gasteiger charge is 2.20. The topological polar surface area (TPSA) is 38.7 Å². The van der Waals surface area contributed by atoms with Gasteiger partial charge in [-0.25, -0.2) is 0 Å². The molecular weight excluding hydrogens is 673 g/mol. The lowest BCUT2D eigenvalue weighted by Gasteiger charge is -2.23. The first-order valence-electron chi connectivity index (χ1n) is 25.4. The summed E-state index contributed by atoms with van der Waals surface area (Å²) in [6, 6.07) is 0. The molecule has 0 bridgehead atoms. The van der Waals surface area contributed by atoms with Gasteiger partial charge in [0.1, 0.15) is 6.10 Å². The summed E-state index contributed by atoms with van der Waals surface area (Å²) in [6.45, 7) is 8.95. The highest BCUT2D eigenvalue weighted by Crippen LogP contribution is 2.17. The molecule has 55 heavy (non-hydrogen) atoms. The van der Waals surface area contributed by atoms with Crippen molar-refractivity contribution in [2.24, 2.45) is 0 Å². The molecule has 2 unspecified atom stereocenters. The zero-order valence-electron chi connectivity index (χ0n) is 38.1. The van der Waals surface area contributed by atoms with Crippen LogP contribution in [0.3, 0.4) is 0 Å². The lowest BCUT2D eigenvalue weighted by molar-refractivity contribution is -0.0831. The smallest absolute Gasteiger partial charge is 0.107 e. The van der Waals surface area contributed by atoms with E-state index in [0.717, 1.165) is 38.9 Å². The van der Waals surface area contributed by atoms with Crippen LogP contribution in [0.5, 0.6) is 0 Å². The Kier molecular flexibility index (Phi) is 48.9. The fourth-order valence-electron chi connectivity index (χ4n) is 7.71. The summed E-state index contributed by atoms with van der Waals surface area (Å²) in [5, 5.41) is 11.1. The number of aliphatic hydroxyl groups is 1. The van der Waals surface area contributed by atoms with Gasteiger partial charge in [0.25, 0.3) is 0 Å². The maximum Gasteiger partial charge on any atom is 0.107 e. The second kappa shape index (κ2) is 49.5. The molecule has 0 aromatic heterocycles. The second-order valence-corrected chi connectivity index (χ2v) is 17.3. The van der Waals surface area contributed by atoms with Crippen molar-refractivity contribution in [3.63, 3.8) is 0 Å². The third kappa shape index (κ3) is 45.9. The molecule has 328 valence electrons. The number of allylic oxidation sites excluding steroid dienone is 4. The zero-order valence-corrected chi connectivity index (χ0v) is 38.1. The minimum absolute atomic E-state index is 0.179. The monoisotopic (exact) mass is 775 g/mol. The molecule has 0 aliphatic heterocycles. The fraction of sp³-hybridized carbons (Fsp3) is 0.923. The van der Waals surface area contributed by atoms with Gasteiger partial charge < -0.3 is 14.6 Å². The first-order chi connectivity index (χ1) is 27.3. The van der Waals surface area contributed by atoms with Crippen molar-refractivity contribution in [1.82, 2.24) is 0 Å². The Morgan fingerprint density at radius 1 is 0.345 bits per heavy atom. The largest absolute Gasteiger partial charge is 0.390 e. The van der Waals surface area contributed by atoms with E-state index in [1.807, 2.05) is 0 Å². The van der Waals surface area contributed by atoms with Crippen molar-refractivity contribution in [1.29, 1.82) is 0 Å². The van der Waals surface area contributed by atoms with E-state index in [0.29, 0.717) is 6.61 Å². The molecule has 0 aromatic rings. The van der Waals surface area contributed by atoms with Crippen molar-refractivity contribution in [3.05, 3.63) is 24.3 Å². The van der Waals surface area contributed by atoms with Gasteiger partial charge in [-0.05, 0) is 70.6 Å². The molecule has 2 atom stereocenters. The molecular formula is C52H102O3. The Balaban J connectivity index is 4.06. The van der Waals surface area contributed by atoms with Crippen molar-refractivity contribution in [3.8, 4) is 0 Å². The molecule has 0 amide bonds. The maximum atomic E-state index is 11.1. The highest BCUT2D eigenvalue weighted by molar-refractivity contribution is 4.82. The van der Waals surface area contributed by atoms with E-state index in [4.69, 9.17) is 9.47 Å². The Labute approximate surface area is 347 Å². The van der Waals surface area contributed by atoms with Crippen LogP contribution >= 0.6 is 0 Å². The average molecular weight is 775 g/mol. The van der Waals surface area contributed by atoms with Gasteiger partial charge in [0, 0.05) is 13.2 Å². The number of aliphatic hydroxyl groups excluding tert-OH is 1. The minimum Gasteiger partial charge on any atom is -0.390 e. The van der Waals surface area contributed by atoms with Crippen LogP contribution in [-0.2, 0) is 9.47 Å². The van der Waals surface area contributed by atoms with Crippen LogP contribution in [0, 0.1) is 0 Å². The molecule has 0 spiro atoms. The van der Waals surface area contributed by atoms with E-state index in [9.17, 15) is 5.11 Å². The van der Waals surface area contributed by atoms with Crippen molar-refractivity contribution >= 4 is 0 Å². The van der Waals surface area contributed by atoms with Crippen LogP contribution in [-0.4, -0.2) is 37.1 Å². The summed E-state index contributed by atoms with van der Waals surface area (Å²) in [4.78, 5) is 0. The van der Waals surface area contributed by atoms with Crippen molar-refractivity contribution < 1.29 is 14.6 Å². The molecule has 0 aliphatic rings. The molecule has 3 heteroatoms. The van der Waals surface area contributed by atoms with Gasteiger partial charge in [0.15, 0.2) is 0 Å². The normalized spacial score (nSPS) is 13.2. The summed E-state index contributed by atoms with van der Waals surface area (Å²) in [5.41, 5.74) is 0. The molecule has 0 fully saturated rings. The molecule has 1 N–H and O–H groups in total. The van der Waals surface area contributed by atoms with E-state index in [-0.39, 0.29) is 6.10 Å². The minimum atomic E-state index is -0.409. The van der Waals surface area contributed by atoms with Crippen molar-refractivity contribution in [2.75, 3.05) is 19.8 Å². The molecule has 3 nitrogen and oxygen atoms in total. The van der Waals surface area contributed by atoms with Crippen LogP contribution in [0.1, 0.15) is 278 Å². The summed E-state index contributed by atoms with van der Waals surface area (Å²) >= 11 is 0. The third-order valence-electron chi connectivity index (χ3n) is 11.6. The number of rotatable bonds is 48. The summed E-state index contributed by atoms with van der Waals surface area (Å²) in [5.74, 6) is 0. The van der Waals surface area contributed by atoms with E-state index >= 15 is 0 Å². The van der Waals surface area contributed by atoms with Crippen LogP contribution in [0.25, 0.3) is 0 Å². The van der Waals surface area contributed by atoms with E-state index in [2.05, 4.69) is 45.1 Å². The SMILES string of the molecule is CCCCCCCC/C=C\CCCCCCCCCOCC(OCCCCCCCC/C=C\CCCCCCCC)C(O)CCCCCCCCCCCC. The van der Waals surface area contributed by atoms with E-state index in [1.165, 1.54) is 231 Å². The lowest BCUT2D eigenvalue weighted by atomic mass is 10.0. The number of ether oxygens (including phenoxy) is 2. The van der Waals surface area contributed by atoms with Gasteiger partial charge >= 0.3 is 0 Å². The predicted molar refractivity (Wildman–Crippen MR) is 247 cm³/mol. The first kappa shape index (κ1) is 54.4. The Morgan fingerprint density at radius 2 is 0.636 bits per heavy atom. The van der Waals surface area contributed by atoms with Crippen molar-refractivity contribution in [2.45, 2.75) is 290 Å². The average Bonchev–Trinajstić information content (AvgIpc) is 3.19. The Bertz CT molecular complexity index is 732. The van der Waals surface area contributed by atoms with Crippen LogP contribution in [0.15, 0.2) is 24.3 Å². The third-order valence-corrected chi connectivity index (χ3v) is 11.6. The number of unbranched alkanes of at least 4 members (excludes halogenated alkanes) is 34.